The summed E-state index contributed by atoms with van der Waals surface area (Å²) in [4.78, 5) is 24.0. The number of carbonyl (C=O) groups is 1. The Morgan fingerprint density at radius 1 is 1.03 bits per heavy atom. The molecular formula is C19H15N5O3S2. The quantitative estimate of drug-likeness (QED) is 0.506. The summed E-state index contributed by atoms with van der Waals surface area (Å²) in [6.07, 6.45) is 1.49. The van der Waals surface area contributed by atoms with Gasteiger partial charge in [-0.1, -0.05) is 35.6 Å². The molecule has 146 valence electrons. The number of amides is 1. The lowest BCUT2D eigenvalue weighted by Gasteiger charge is -2.08. The number of fused-ring (bicyclic) bond motifs is 1. The Morgan fingerprint density at radius 2 is 1.83 bits per heavy atom. The van der Waals surface area contributed by atoms with Crippen LogP contribution in [0.2, 0.25) is 0 Å². The number of nitrogens with zero attached hydrogens (tertiary/aromatic N) is 3. The minimum absolute atomic E-state index is 0.0188. The van der Waals surface area contributed by atoms with Gasteiger partial charge in [-0.15, -0.1) is 0 Å². The summed E-state index contributed by atoms with van der Waals surface area (Å²) in [7, 11) is -3.78. The van der Waals surface area contributed by atoms with E-state index in [1.165, 1.54) is 36.6 Å². The molecule has 0 aliphatic heterocycles. The van der Waals surface area contributed by atoms with Crippen LogP contribution in [0.25, 0.3) is 21.5 Å². The molecule has 2 aromatic heterocycles. The van der Waals surface area contributed by atoms with Crippen LogP contribution in [-0.2, 0) is 14.8 Å². The molecule has 8 nitrogen and oxygen atoms in total. The number of anilines is 2. The van der Waals surface area contributed by atoms with Gasteiger partial charge in [0.25, 0.3) is 10.0 Å². The first-order valence-corrected chi connectivity index (χ1v) is 10.8. The van der Waals surface area contributed by atoms with E-state index in [2.05, 4.69) is 25.0 Å². The van der Waals surface area contributed by atoms with Crippen LogP contribution >= 0.6 is 11.3 Å². The fourth-order valence-corrected chi connectivity index (χ4v) is 4.56. The minimum Gasteiger partial charge on any atom is -0.302 e. The summed E-state index contributed by atoms with van der Waals surface area (Å²) < 4.78 is 28.2. The Balaban J connectivity index is 1.64. The highest BCUT2D eigenvalue weighted by Crippen LogP contribution is 2.30. The van der Waals surface area contributed by atoms with Crippen molar-refractivity contribution >= 4 is 48.6 Å². The number of aromatic nitrogens is 3. The van der Waals surface area contributed by atoms with Crippen LogP contribution in [0.5, 0.6) is 0 Å². The van der Waals surface area contributed by atoms with Crippen LogP contribution in [0.3, 0.4) is 0 Å². The average Bonchev–Trinajstić information content (AvgIpc) is 3.09. The molecule has 2 aromatic carbocycles. The predicted octanol–water partition coefficient (Wildman–Crippen LogP) is 3.51. The number of nitrogens with one attached hydrogen (secondary N) is 2. The van der Waals surface area contributed by atoms with E-state index in [0.29, 0.717) is 10.8 Å². The fraction of sp³-hybridized carbons (Fsp3) is 0.0526. The number of benzene rings is 2. The van der Waals surface area contributed by atoms with E-state index in [4.69, 9.17) is 0 Å². The largest absolute Gasteiger partial charge is 0.302 e. The van der Waals surface area contributed by atoms with Gasteiger partial charge in [0, 0.05) is 18.7 Å². The molecule has 0 bridgehead atoms. The molecule has 0 fully saturated rings. The van der Waals surface area contributed by atoms with Gasteiger partial charge in [-0.05, 0) is 30.3 Å². The molecule has 0 aliphatic rings. The summed E-state index contributed by atoms with van der Waals surface area (Å²) in [5.74, 6) is -0.204. The van der Waals surface area contributed by atoms with E-state index >= 15 is 0 Å². The summed E-state index contributed by atoms with van der Waals surface area (Å²) in [6, 6.07) is 15.3. The van der Waals surface area contributed by atoms with Crippen molar-refractivity contribution in [1.29, 1.82) is 0 Å². The van der Waals surface area contributed by atoms with Crippen LogP contribution in [0.1, 0.15) is 6.92 Å². The van der Waals surface area contributed by atoms with Crippen LogP contribution in [-0.4, -0.2) is 29.3 Å². The first-order valence-electron chi connectivity index (χ1n) is 8.50. The van der Waals surface area contributed by atoms with Crippen molar-refractivity contribution in [3.8, 4) is 11.3 Å². The Bertz CT molecular complexity index is 1300. The van der Waals surface area contributed by atoms with Gasteiger partial charge in [-0.25, -0.2) is 28.1 Å². The van der Waals surface area contributed by atoms with Crippen LogP contribution < -0.4 is 10.0 Å². The average molecular weight is 425 g/mol. The SMILES string of the molecule is CC(=O)Nc1nc2ccc(-c3ccnc(NS(=O)(=O)c4ccccc4)n3)cc2s1. The molecule has 0 radical (unpaired) electrons. The molecule has 0 atom stereocenters. The summed E-state index contributed by atoms with van der Waals surface area (Å²) in [5, 5.41) is 3.19. The highest BCUT2D eigenvalue weighted by molar-refractivity contribution is 7.92. The maximum Gasteiger partial charge on any atom is 0.264 e. The number of hydrogen-bond donors (Lipinski definition) is 2. The second-order valence-corrected chi connectivity index (χ2v) is 8.78. The first-order chi connectivity index (χ1) is 13.9. The Kier molecular flexibility index (Phi) is 4.95. The first kappa shape index (κ1) is 19.0. The highest BCUT2D eigenvalue weighted by atomic mass is 32.2. The van der Waals surface area contributed by atoms with E-state index in [1.807, 2.05) is 18.2 Å². The third-order valence-electron chi connectivity index (χ3n) is 3.90. The maximum atomic E-state index is 12.5. The lowest BCUT2D eigenvalue weighted by atomic mass is 10.1. The van der Waals surface area contributed by atoms with E-state index in [9.17, 15) is 13.2 Å². The van der Waals surface area contributed by atoms with Crippen molar-refractivity contribution in [2.75, 3.05) is 10.0 Å². The molecule has 0 unspecified atom stereocenters. The Morgan fingerprint density at radius 3 is 2.59 bits per heavy atom. The Hall–Kier alpha value is -3.37. The fourth-order valence-electron chi connectivity index (χ4n) is 2.64. The van der Waals surface area contributed by atoms with Gasteiger partial charge < -0.3 is 5.32 Å². The number of thiazole rings is 1. The molecule has 10 heteroatoms. The zero-order chi connectivity index (χ0) is 20.4. The van der Waals surface area contributed by atoms with Gasteiger partial charge in [0.15, 0.2) is 5.13 Å². The summed E-state index contributed by atoms with van der Waals surface area (Å²) in [6.45, 7) is 1.43. The van der Waals surface area contributed by atoms with Gasteiger partial charge in [0.2, 0.25) is 11.9 Å². The zero-order valence-corrected chi connectivity index (χ0v) is 16.8. The molecule has 0 spiro atoms. The van der Waals surface area contributed by atoms with Gasteiger partial charge in [-0.2, -0.15) is 0 Å². The van der Waals surface area contributed by atoms with Gasteiger partial charge in [0.1, 0.15) is 0 Å². The Labute approximate surface area is 170 Å². The van der Waals surface area contributed by atoms with Gasteiger partial charge in [0.05, 0.1) is 20.8 Å². The number of rotatable bonds is 5. The molecular weight excluding hydrogens is 410 g/mol. The molecule has 0 saturated heterocycles. The van der Waals surface area contributed by atoms with E-state index < -0.39 is 10.0 Å². The minimum atomic E-state index is -3.78. The molecule has 4 aromatic rings. The second-order valence-electron chi connectivity index (χ2n) is 6.07. The highest BCUT2D eigenvalue weighted by Gasteiger charge is 2.16. The molecule has 29 heavy (non-hydrogen) atoms. The molecule has 2 heterocycles. The number of sulfonamides is 1. The standard InChI is InChI=1S/C19H15N5O3S2/c1-12(25)21-19-23-16-8-7-13(11-17(16)28-19)15-9-10-20-18(22-15)24-29(26,27)14-5-3-2-4-6-14/h2-11H,1H3,(H,20,22,24)(H,21,23,25). The van der Waals surface area contributed by atoms with Gasteiger partial charge >= 0.3 is 0 Å². The van der Waals surface area contributed by atoms with Crippen molar-refractivity contribution in [3.05, 3.63) is 60.8 Å². The van der Waals surface area contributed by atoms with E-state index in [-0.39, 0.29) is 16.8 Å². The predicted molar refractivity (Wildman–Crippen MR) is 112 cm³/mol. The van der Waals surface area contributed by atoms with Crippen molar-refractivity contribution in [1.82, 2.24) is 15.0 Å². The smallest absolute Gasteiger partial charge is 0.264 e. The van der Waals surface area contributed by atoms with Crippen LogP contribution in [0, 0.1) is 0 Å². The normalized spacial score (nSPS) is 11.3. The number of hydrogen-bond acceptors (Lipinski definition) is 7. The third-order valence-corrected chi connectivity index (χ3v) is 6.18. The van der Waals surface area contributed by atoms with Crippen LogP contribution in [0.4, 0.5) is 11.1 Å². The molecule has 2 N–H and O–H groups in total. The molecule has 0 saturated carbocycles. The number of carbonyl (C=O) groups excluding carboxylic acids is 1. The van der Waals surface area contributed by atoms with Crippen LogP contribution in [0.15, 0.2) is 65.7 Å². The lowest BCUT2D eigenvalue weighted by molar-refractivity contribution is -0.114. The van der Waals surface area contributed by atoms with Gasteiger partial charge in [-0.3, -0.25) is 4.79 Å². The molecule has 0 aliphatic carbocycles. The monoisotopic (exact) mass is 425 g/mol. The maximum absolute atomic E-state index is 12.5. The third kappa shape index (κ3) is 4.23. The second kappa shape index (κ2) is 7.57. The topological polar surface area (TPSA) is 114 Å². The lowest BCUT2D eigenvalue weighted by Crippen LogP contribution is -2.15. The van der Waals surface area contributed by atoms with Crippen molar-refractivity contribution < 1.29 is 13.2 Å². The molecule has 1 amide bonds. The summed E-state index contributed by atoms with van der Waals surface area (Å²) >= 11 is 1.35. The van der Waals surface area contributed by atoms with Crippen molar-refractivity contribution in [2.24, 2.45) is 0 Å². The zero-order valence-electron chi connectivity index (χ0n) is 15.2. The molecule has 4 rings (SSSR count). The summed E-state index contributed by atoms with van der Waals surface area (Å²) in [5.41, 5.74) is 2.08. The van der Waals surface area contributed by atoms with Crippen molar-refractivity contribution in [3.63, 3.8) is 0 Å². The van der Waals surface area contributed by atoms with Crippen molar-refractivity contribution in [2.45, 2.75) is 11.8 Å². The van der Waals surface area contributed by atoms with E-state index in [1.54, 1.807) is 24.3 Å². The van der Waals surface area contributed by atoms with E-state index in [0.717, 1.165) is 15.8 Å².